The minimum absolute atomic E-state index is 0.0132. The first-order valence-electron chi connectivity index (χ1n) is 6.61. The summed E-state index contributed by atoms with van der Waals surface area (Å²) >= 11 is 7.20. The van der Waals surface area contributed by atoms with Gasteiger partial charge >= 0.3 is 5.97 Å². The van der Waals surface area contributed by atoms with E-state index in [-0.39, 0.29) is 17.2 Å². The summed E-state index contributed by atoms with van der Waals surface area (Å²) in [4.78, 5) is 12.9. The van der Waals surface area contributed by atoms with Crippen molar-refractivity contribution in [2.75, 3.05) is 0 Å². The molecule has 0 radical (unpaired) electrons. The Kier molecular flexibility index (Phi) is 4.31. The number of esters is 1. The van der Waals surface area contributed by atoms with Crippen molar-refractivity contribution in [2.45, 2.75) is 13.0 Å². The van der Waals surface area contributed by atoms with Crippen LogP contribution >= 0.6 is 22.9 Å². The molecule has 0 fully saturated rings. The highest BCUT2D eigenvalue weighted by Crippen LogP contribution is 2.28. The highest BCUT2D eigenvalue weighted by atomic mass is 35.5. The molecule has 0 unspecified atom stereocenters. The van der Waals surface area contributed by atoms with Crippen molar-refractivity contribution in [1.29, 1.82) is 0 Å². The Morgan fingerprint density at radius 1 is 1.39 bits per heavy atom. The highest BCUT2D eigenvalue weighted by molar-refractivity contribution is 7.13. The zero-order valence-electron chi connectivity index (χ0n) is 11.9. The minimum Gasteiger partial charge on any atom is -0.507 e. The van der Waals surface area contributed by atoms with E-state index in [9.17, 15) is 9.90 Å². The first-order chi connectivity index (χ1) is 11.0. The zero-order chi connectivity index (χ0) is 16.4. The fourth-order valence-electron chi connectivity index (χ4n) is 1.85. The summed E-state index contributed by atoms with van der Waals surface area (Å²) in [6.45, 7) is 1.61. The van der Waals surface area contributed by atoms with Crippen molar-refractivity contribution in [3.05, 3.63) is 52.2 Å². The number of phenolic OH excluding ortho intramolecular Hbond substituents is 1. The van der Waals surface area contributed by atoms with Crippen LogP contribution in [0, 0.1) is 0 Å². The lowest BCUT2D eigenvalue weighted by molar-refractivity contribution is 0.0277. The maximum atomic E-state index is 12.1. The summed E-state index contributed by atoms with van der Waals surface area (Å²) in [6.07, 6.45) is -0.751. The van der Waals surface area contributed by atoms with Gasteiger partial charge in [-0.1, -0.05) is 17.7 Å². The molecule has 0 amide bonds. The van der Waals surface area contributed by atoms with Crippen molar-refractivity contribution in [2.24, 2.45) is 0 Å². The molecule has 0 aliphatic carbocycles. The lowest BCUT2D eigenvalue weighted by Gasteiger charge is -2.10. The molecule has 2 heterocycles. The van der Waals surface area contributed by atoms with Gasteiger partial charge in [-0.15, -0.1) is 21.5 Å². The molecule has 0 aliphatic heterocycles. The fourth-order valence-corrected chi connectivity index (χ4v) is 2.66. The fraction of sp³-hybridized carbons (Fsp3) is 0.133. The number of halogens is 1. The number of aromatic nitrogens is 2. The van der Waals surface area contributed by atoms with Gasteiger partial charge in [-0.05, 0) is 36.6 Å². The highest BCUT2D eigenvalue weighted by Gasteiger charge is 2.22. The summed E-state index contributed by atoms with van der Waals surface area (Å²) in [7, 11) is 0. The molecular weight excluding hydrogens is 340 g/mol. The van der Waals surface area contributed by atoms with Gasteiger partial charge in [-0.3, -0.25) is 0 Å². The van der Waals surface area contributed by atoms with Crippen LogP contribution in [0.25, 0.3) is 10.8 Å². The lowest BCUT2D eigenvalue weighted by atomic mass is 10.2. The van der Waals surface area contributed by atoms with Gasteiger partial charge in [0.05, 0.1) is 4.88 Å². The third-order valence-electron chi connectivity index (χ3n) is 2.98. The van der Waals surface area contributed by atoms with Crippen molar-refractivity contribution in [3.63, 3.8) is 0 Å². The van der Waals surface area contributed by atoms with Crippen LogP contribution in [0.15, 0.2) is 40.1 Å². The Balaban J connectivity index is 1.74. The van der Waals surface area contributed by atoms with E-state index in [2.05, 4.69) is 10.2 Å². The van der Waals surface area contributed by atoms with Crippen LogP contribution in [-0.4, -0.2) is 21.3 Å². The van der Waals surface area contributed by atoms with Gasteiger partial charge < -0.3 is 14.3 Å². The zero-order valence-corrected chi connectivity index (χ0v) is 13.5. The maximum absolute atomic E-state index is 12.1. The summed E-state index contributed by atoms with van der Waals surface area (Å²) in [5.41, 5.74) is 0.0132. The Labute approximate surface area is 140 Å². The summed E-state index contributed by atoms with van der Waals surface area (Å²) in [5.74, 6) is -0.413. The topological polar surface area (TPSA) is 85.5 Å². The van der Waals surface area contributed by atoms with E-state index < -0.39 is 12.1 Å². The molecule has 0 spiro atoms. The van der Waals surface area contributed by atoms with Crippen LogP contribution in [0.5, 0.6) is 5.75 Å². The van der Waals surface area contributed by atoms with Gasteiger partial charge in [-0.2, -0.15) is 0 Å². The minimum atomic E-state index is -0.751. The number of nitrogens with zero attached hydrogens (tertiary/aromatic N) is 2. The second-order valence-corrected chi connectivity index (χ2v) is 6.02. The Bertz CT molecular complexity index is 832. The van der Waals surface area contributed by atoms with Gasteiger partial charge in [-0.25, -0.2) is 4.79 Å². The van der Waals surface area contributed by atoms with E-state index in [0.29, 0.717) is 10.9 Å². The molecule has 0 saturated heterocycles. The van der Waals surface area contributed by atoms with Crippen LogP contribution in [0.4, 0.5) is 0 Å². The number of ether oxygens (including phenoxy) is 1. The molecule has 23 heavy (non-hydrogen) atoms. The van der Waals surface area contributed by atoms with Crippen LogP contribution in [-0.2, 0) is 4.74 Å². The largest absolute Gasteiger partial charge is 0.507 e. The molecule has 2 aromatic heterocycles. The van der Waals surface area contributed by atoms with Gasteiger partial charge in [0.2, 0.25) is 0 Å². The predicted molar refractivity (Wildman–Crippen MR) is 84.6 cm³/mol. The van der Waals surface area contributed by atoms with E-state index in [1.165, 1.54) is 29.5 Å². The van der Waals surface area contributed by atoms with E-state index in [0.717, 1.165) is 4.88 Å². The first kappa shape index (κ1) is 15.5. The molecule has 6 nitrogen and oxygen atoms in total. The summed E-state index contributed by atoms with van der Waals surface area (Å²) in [5, 5.41) is 19.8. The van der Waals surface area contributed by atoms with Crippen molar-refractivity contribution in [1.82, 2.24) is 10.2 Å². The molecule has 3 rings (SSSR count). The molecule has 1 aromatic carbocycles. The summed E-state index contributed by atoms with van der Waals surface area (Å²) < 4.78 is 10.7. The van der Waals surface area contributed by atoms with Gasteiger partial charge in [0, 0.05) is 5.02 Å². The van der Waals surface area contributed by atoms with Crippen molar-refractivity contribution in [3.8, 4) is 16.5 Å². The first-order valence-corrected chi connectivity index (χ1v) is 7.87. The normalized spacial score (nSPS) is 12.1. The molecule has 1 atom stereocenters. The van der Waals surface area contributed by atoms with Crippen molar-refractivity contribution < 1.29 is 19.1 Å². The van der Waals surface area contributed by atoms with Crippen LogP contribution in [0.2, 0.25) is 5.02 Å². The third-order valence-corrected chi connectivity index (χ3v) is 4.08. The lowest BCUT2D eigenvalue weighted by Crippen LogP contribution is -2.09. The van der Waals surface area contributed by atoms with E-state index in [4.69, 9.17) is 20.8 Å². The predicted octanol–water partition coefficient (Wildman–Crippen LogP) is 4.08. The van der Waals surface area contributed by atoms with Crippen molar-refractivity contribution >= 4 is 28.9 Å². The second-order valence-electron chi connectivity index (χ2n) is 4.63. The molecule has 0 saturated carbocycles. The Morgan fingerprint density at radius 2 is 2.22 bits per heavy atom. The van der Waals surface area contributed by atoms with Crippen LogP contribution in [0.3, 0.4) is 0 Å². The van der Waals surface area contributed by atoms with Gasteiger partial charge in [0.15, 0.2) is 6.10 Å². The number of carbonyl (C=O) groups is 1. The van der Waals surface area contributed by atoms with Crippen LogP contribution < -0.4 is 0 Å². The molecule has 8 heteroatoms. The molecular formula is C15H11ClN2O4S. The monoisotopic (exact) mass is 350 g/mol. The number of aromatic hydroxyl groups is 1. The molecule has 3 aromatic rings. The van der Waals surface area contributed by atoms with E-state index in [1.54, 1.807) is 6.92 Å². The molecule has 1 N–H and O–H groups in total. The smallest absolute Gasteiger partial charge is 0.342 e. The number of rotatable bonds is 4. The summed E-state index contributed by atoms with van der Waals surface area (Å²) in [6, 6.07) is 7.87. The third kappa shape index (κ3) is 3.35. The Hall–Kier alpha value is -2.38. The number of thiophene rings is 1. The average Bonchev–Trinajstić information content (AvgIpc) is 3.18. The van der Waals surface area contributed by atoms with E-state index >= 15 is 0 Å². The second kappa shape index (κ2) is 6.39. The molecule has 0 bridgehead atoms. The van der Waals surface area contributed by atoms with Gasteiger partial charge in [0.1, 0.15) is 11.3 Å². The number of hydrogen-bond acceptors (Lipinski definition) is 7. The molecule has 0 aliphatic rings. The van der Waals surface area contributed by atoms with Gasteiger partial charge in [0.25, 0.3) is 11.8 Å². The number of hydrogen-bond donors (Lipinski definition) is 1. The number of carbonyl (C=O) groups excluding carboxylic acids is 1. The SMILES string of the molecule is C[C@H](OC(=O)c1ccc(Cl)cc1O)c1nnc(-c2cccs2)o1. The number of phenols is 1. The van der Waals surface area contributed by atoms with Crippen LogP contribution in [0.1, 0.15) is 29.3 Å². The number of benzene rings is 1. The van der Waals surface area contributed by atoms with E-state index in [1.807, 2.05) is 17.5 Å². The Morgan fingerprint density at radius 3 is 2.91 bits per heavy atom. The maximum Gasteiger partial charge on any atom is 0.342 e. The average molecular weight is 351 g/mol. The quantitative estimate of drug-likeness (QED) is 0.714. The molecule has 118 valence electrons. The standard InChI is InChI=1S/C15H11ClN2O4S/c1-8(13-17-18-14(22-13)12-3-2-6-23-12)21-15(20)10-5-4-9(16)7-11(10)19/h2-8,19H,1H3/t8-/m0/s1.